The van der Waals surface area contributed by atoms with Crippen molar-refractivity contribution >= 4 is 37.5 Å². The molecular weight excluding hydrogens is 887 g/mol. The van der Waals surface area contributed by atoms with E-state index in [2.05, 4.69) is 27.7 Å². The number of rotatable bonds is 48. The van der Waals surface area contributed by atoms with E-state index in [1.54, 1.807) is 6.08 Å². The van der Waals surface area contributed by atoms with Gasteiger partial charge in [0.2, 0.25) is 0 Å². The first kappa shape index (κ1) is 60.3. The molecule has 0 saturated carbocycles. The van der Waals surface area contributed by atoms with Crippen LogP contribution in [-0.2, 0) is 37.8 Å². The summed E-state index contributed by atoms with van der Waals surface area (Å²) in [5.41, 5.74) is 0. The Morgan fingerprint density at radius 1 is 0.355 bits per heavy atom. The van der Waals surface area contributed by atoms with Gasteiger partial charge >= 0.3 is 272 Å². The second kappa shape index (κ2) is 48.8. The summed E-state index contributed by atoms with van der Waals surface area (Å²) in [5.74, 6) is -1.69. The smallest absolute Gasteiger partial charge is 0.0654 e. The molecule has 0 radical (unpaired) electrons. The third-order valence-corrected chi connectivity index (χ3v) is 18.7. The molecule has 0 rings (SSSR count). The van der Waals surface area contributed by atoms with Crippen molar-refractivity contribution in [3.8, 4) is 0 Å². The maximum atomic E-state index is 13.1. The van der Waals surface area contributed by atoms with Gasteiger partial charge in [0.25, 0.3) is 0 Å². The second-order valence-electron chi connectivity index (χ2n) is 17.0. The Morgan fingerprint density at radius 2 is 0.694 bits per heavy atom. The molecule has 0 aromatic carbocycles. The molecule has 0 amide bonds. The summed E-state index contributed by atoms with van der Waals surface area (Å²) in [5, 5.41) is 0. The van der Waals surface area contributed by atoms with E-state index in [4.69, 9.17) is 23.4 Å². The summed E-state index contributed by atoms with van der Waals surface area (Å²) < 4.78 is 35.6. The van der Waals surface area contributed by atoms with Crippen molar-refractivity contribution < 1.29 is 37.8 Å². The Morgan fingerprint density at radius 3 is 1.13 bits per heavy atom. The van der Waals surface area contributed by atoms with Gasteiger partial charge in [-0.1, -0.05) is 117 Å². The molecule has 0 N–H and O–H groups in total. The average Bonchev–Trinajstić information content (AvgIpc) is 3.27. The number of carbonyl (C=O) groups is 3. The maximum absolute atomic E-state index is 13.1. The van der Waals surface area contributed by atoms with Crippen LogP contribution in [0.25, 0.3) is 0 Å². The van der Waals surface area contributed by atoms with Crippen LogP contribution in [0.5, 0.6) is 0 Å². The van der Waals surface area contributed by atoms with Crippen molar-refractivity contribution in [2.75, 3.05) is 39.6 Å². The summed E-state index contributed by atoms with van der Waals surface area (Å²) >= 11 is -4.55. The van der Waals surface area contributed by atoms with Crippen LogP contribution in [0.1, 0.15) is 233 Å². The molecule has 10 heteroatoms. The minimum atomic E-state index is -4.55. The van der Waals surface area contributed by atoms with Gasteiger partial charge in [-0.15, -0.1) is 0 Å². The minimum absolute atomic E-state index is 0.0384. The van der Waals surface area contributed by atoms with Gasteiger partial charge in [-0.3, -0.25) is 0 Å². The fourth-order valence-corrected chi connectivity index (χ4v) is 14.1. The Balaban J connectivity index is 4.96. The van der Waals surface area contributed by atoms with Crippen molar-refractivity contribution in [1.29, 1.82) is 0 Å². The molecule has 1 unspecified atom stereocenters. The third kappa shape index (κ3) is 43.6. The molecule has 0 aromatic heterocycles. The van der Waals surface area contributed by atoms with E-state index in [9.17, 15) is 14.4 Å². The van der Waals surface area contributed by atoms with Gasteiger partial charge < -0.3 is 0 Å². The summed E-state index contributed by atoms with van der Waals surface area (Å²) in [6.45, 7) is 11.0. The van der Waals surface area contributed by atoms with Gasteiger partial charge in [0, 0.05) is 0 Å². The van der Waals surface area contributed by atoms with Crippen LogP contribution >= 0.6 is 0 Å². The standard InChI is InChI=1S/C16H28O4.C16H29O3.C16H31O2.C4H9.Sn/c1-2-3-4-5-6-7-8-9-10-11-14-20-16(19)13-12-15(17)18;1-2-3-4-5-6-7-8-9-10-11-15-19-16(18)13-12-14-17;1-2-3-4-5-6-7-8-9-10-12-15-18-16-13-11-14-17;1-3-4-2;/h12-13H,2-11,14H2,1H3,(H,17,18);12-13H,2-11,14-15H2,1H3;11,13H,2-10,12,14-16H2,1H3;1,3-4H2,2H3;/q;2*-1;;+3/p-1/b13-12+;13-12-;13-11-;;. The molecule has 0 spiro atoms. The summed E-state index contributed by atoms with van der Waals surface area (Å²) in [6, 6.07) is 0. The predicted octanol–water partition coefficient (Wildman–Crippen LogP) is 14.8. The molecule has 62 heavy (non-hydrogen) atoms. The van der Waals surface area contributed by atoms with Crippen LogP contribution in [0.4, 0.5) is 0 Å². The van der Waals surface area contributed by atoms with Crippen LogP contribution in [0.2, 0.25) is 4.44 Å². The van der Waals surface area contributed by atoms with Gasteiger partial charge in [0.15, 0.2) is 0 Å². The molecule has 0 saturated heterocycles. The SMILES string of the molecule is CCCCCCCCCCCCOC/C=C\C[O][Sn]([CH2]CCC)([O]C/C=C\C(=O)OCCCCCCCCCCCC)[O]C(=O)/C=C/C(=O)OCCCCCCCCCCCC. The Hall–Kier alpha value is -1.69. The van der Waals surface area contributed by atoms with Gasteiger partial charge in [-0.2, -0.15) is 0 Å². The Bertz CT molecular complexity index is 1090. The van der Waals surface area contributed by atoms with Gasteiger partial charge in [-0.05, 0) is 0 Å². The first-order chi connectivity index (χ1) is 30.4. The van der Waals surface area contributed by atoms with E-state index in [0.717, 1.165) is 76.5 Å². The normalized spacial score (nSPS) is 12.8. The molecule has 0 heterocycles. The summed E-state index contributed by atoms with van der Waals surface area (Å²) in [6.07, 6.45) is 47.6. The molecule has 0 bridgehead atoms. The van der Waals surface area contributed by atoms with Crippen LogP contribution in [0.3, 0.4) is 0 Å². The number of hydrogen-bond donors (Lipinski definition) is 0. The van der Waals surface area contributed by atoms with Gasteiger partial charge in [0.05, 0.1) is 0 Å². The van der Waals surface area contributed by atoms with Crippen molar-refractivity contribution in [3.05, 3.63) is 36.5 Å². The summed E-state index contributed by atoms with van der Waals surface area (Å²) in [4.78, 5) is 38.0. The first-order valence-electron chi connectivity index (χ1n) is 25.8. The van der Waals surface area contributed by atoms with Crippen molar-refractivity contribution in [2.24, 2.45) is 0 Å². The van der Waals surface area contributed by atoms with Crippen LogP contribution in [0, 0.1) is 0 Å². The number of unbranched alkanes of at least 4 members (excludes halogenated alkanes) is 28. The van der Waals surface area contributed by atoms with Crippen molar-refractivity contribution in [3.63, 3.8) is 0 Å². The summed E-state index contributed by atoms with van der Waals surface area (Å²) in [7, 11) is 0. The van der Waals surface area contributed by atoms with Crippen LogP contribution in [0.15, 0.2) is 36.5 Å². The zero-order chi connectivity index (χ0) is 45.3. The van der Waals surface area contributed by atoms with E-state index >= 15 is 0 Å². The minimum Gasteiger partial charge on any atom is -0.0654 e. The molecule has 0 aromatic rings. The monoisotopic (exact) mass is 985 g/mol. The predicted molar refractivity (Wildman–Crippen MR) is 259 cm³/mol. The number of carbonyl (C=O) groups excluding carboxylic acids is 3. The molecule has 0 aliphatic rings. The van der Waals surface area contributed by atoms with Gasteiger partial charge in [0.1, 0.15) is 0 Å². The fraction of sp³-hybridized carbons (Fsp3) is 0.827. The number of esters is 2. The van der Waals surface area contributed by atoms with E-state index in [-0.39, 0.29) is 13.2 Å². The molecular formula is C52H96O9Sn. The van der Waals surface area contributed by atoms with Gasteiger partial charge in [-0.25, -0.2) is 0 Å². The zero-order valence-electron chi connectivity index (χ0n) is 40.7. The Kier molecular flexibility index (Phi) is 47.4. The van der Waals surface area contributed by atoms with Crippen molar-refractivity contribution in [2.45, 2.75) is 238 Å². The third-order valence-electron chi connectivity index (χ3n) is 11.0. The zero-order valence-corrected chi connectivity index (χ0v) is 43.6. The Labute approximate surface area is 387 Å². The van der Waals surface area contributed by atoms with E-state index in [1.807, 2.05) is 12.2 Å². The van der Waals surface area contributed by atoms with Crippen LogP contribution in [-0.4, -0.2) is 77.2 Å². The molecule has 0 aliphatic carbocycles. The topological polar surface area (TPSA) is 107 Å². The quantitative estimate of drug-likeness (QED) is 0.0194. The van der Waals surface area contributed by atoms with E-state index < -0.39 is 37.5 Å². The van der Waals surface area contributed by atoms with E-state index in [1.165, 1.54) is 154 Å². The average molecular weight is 984 g/mol. The fourth-order valence-electron chi connectivity index (χ4n) is 7.11. The number of ether oxygens (including phenoxy) is 3. The van der Waals surface area contributed by atoms with E-state index in [0.29, 0.717) is 24.3 Å². The molecule has 0 aliphatic heterocycles. The second-order valence-corrected chi connectivity index (χ2v) is 24.5. The molecule has 362 valence electrons. The molecule has 0 fully saturated rings. The van der Waals surface area contributed by atoms with Crippen molar-refractivity contribution in [1.82, 2.24) is 0 Å². The molecule has 9 nitrogen and oxygen atoms in total. The number of hydrogen-bond acceptors (Lipinski definition) is 9. The first-order valence-corrected chi connectivity index (χ1v) is 31.4. The molecule has 1 atom stereocenters. The van der Waals surface area contributed by atoms with Crippen LogP contribution < -0.4 is 0 Å².